The molecule has 2 aromatic rings. The van der Waals surface area contributed by atoms with Crippen molar-refractivity contribution in [1.29, 1.82) is 0 Å². The van der Waals surface area contributed by atoms with E-state index in [4.69, 9.17) is 9.72 Å². The molecule has 5 rings (SSSR count). The van der Waals surface area contributed by atoms with Gasteiger partial charge < -0.3 is 14.6 Å². The average molecular weight is 437 g/mol. The number of fused-ring (bicyclic) bond motifs is 1. The number of aromatic amines is 1. The second-order valence-corrected chi connectivity index (χ2v) is 9.24. The molecule has 170 valence electrons. The Kier molecular flexibility index (Phi) is 6.26. The molecule has 3 heterocycles. The van der Waals surface area contributed by atoms with Crippen molar-refractivity contribution in [3.8, 4) is 5.75 Å². The minimum absolute atomic E-state index is 0.00879. The Balaban J connectivity index is 1.34. The van der Waals surface area contributed by atoms with Gasteiger partial charge in [0.05, 0.1) is 11.7 Å². The molecular weight excluding hydrogens is 404 g/mol. The molecule has 0 unspecified atom stereocenters. The number of likely N-dealkylation sites (tertiary alicyclic amines) is 1. The number of carbonyl (C=O) groups is 1. The predicted octanol–water partition coefficient (Wildman–Crippen LogP) is 3.20. The predicted molar refractivity (Wildman–Crippen MR) is 121 cm³/mol. The zero-order valence-electron chi connectivity index (χ0n) is 18.6. The van der Waals surface area contributed by atoms with Gasteiger partial charge in [-0.2, -0.15) is 0 Å². The maximum Gasteiger partial charge on any atom is 0.261 e. The zero-order chi connectivity index (χ0) is 21.9. The number of para-hydroxylation sites is 1. The first-order valence-corrected chi connectivity index (χ1v) is 12.0. The number of hydrogen-bond donors (Lipinski definition) is 1. The Labute approximate surface area is 188 Å². The number of carbonyl (C=O) groups excluding carboxylic acids is 1. The zero-order valence-corrected chi connectivity index (χ0v) is 18.6. The van der Waals surface area contributed by atoms with E-state index >= 15 is 0 Å². The third-order valence-corrected chi connectivity index (χ3v) is 7.21. The Morgan fingerprint density at radius 2 is 1.84 bits per heavy atom. The first kappa shape index (κ1) is 21.2. The number of rotatable bonds is 5. The van der Waals surface area contributed by atoms with E-state index < -0.39 is 0 Å². The molecular formula is C25H32N4O3. The highest BCUT2D eigenvalue weighted by Crippen LogP contribution is 2.31. The van der Waals surface area contributed by atoms with E-state index in [1.807, 2.05) is 35.2 Å². The summed E-state index contributed by atoms with van der Waals surface area (Å²) in [6.45, 7) is 2.34. The number of benzene rings is 1. The number of aromatic nitrogens is 2. The second kappa shape index (κ2) is 9.45. The van der Waals surface area contributed by atoms with Crippen LogP contribution < -0.4 is 10.3 Å². The number of hydrogen-bond acceptors (Lipinski definition) is 5. The van der Waals surface area contributed by atoms with Crippen molar-refractivity contribution in [3.63, 3.8) is 0 Å². The van der Waals surface area contributed by atoms with Crippen LogP contribution in [0.4, 0.5) is 0 Å². The Morgan fingerprint density at radius 1 is 1.06 bits per heavy atom. The number of nitrogens with one attached hydrogen (secondary N) is 1. The van der Waals surface area contributed by atoms with E-state index in [1.165, 1.54) is 25.7 Å². The van der Waals surface area contributed by atoms with E-state index in [-0.39, 0.29) is 24.1 Å². The lowest BCUT2D eigenvalue weighted by molar-refractivity contribution is -0.137. The summed E-state index contributed by atoms with van der Waals surface area (Å²) in [5.74, 6) is 1.25. The summed E-state index contributed by atoms with van der Waals surface area (Å²) < 4.78 is 5.70. The monoisotopic (exact) mass is 436 g/mol. The topological polar surface area (TPSA) is 78.5 Å². The van der Waals surface area contributed by atoms with E-state index in [0.717, 1.165) is 50.0 Å². The van der Waals surface area contributed by atoms with Crippen LogP contribution in [0.3, 0.4) is 0 Å². The summed E-state index contributed by atoms with van der Waals surface area (Å²) in [4.78, 5) is 38.2. The van der Waals surface area contributed by atoms with E-state index in [9.17, 15) is 9.59 Å². The number of nitrogens with zero attached hydrogens (tertiary/aromatic N) is 3. The van der Waals surface area contributed by atoms with Crippen LogP contribution in [0.1, 0.15) is 68.1 Å². The van der Waals surface area contributed by atoms with Crippen LogP contribution in [-0.2, 0) is 17.8 Å². The van der Waals surface area contributed by atoms with Gasteiger partial charge in [-0.1, -0.05) is 31.0 Å². The van der Waals surface area contributed by atoms with Gasteiger partial charge in [-0.3, -0.25) is 14.5 Å². The smallest absolute Gasteiger partial charge is 0.261 e. The van der Waals surface area contributed by atoms with Gasteiger partial charge in [0.2, 0.25) is 0 Å². The summed E-state index contributed by atoms with van der Waals surface area (Å²) in [5.41, 5.74) is 1.69. The van der Waals surface area contributed by atoms with Gasteiger partial charge in [0.15, 0.2) is 6.61 Å². The molecule has 1 aromatic heterocycles. The summed E-state index contributed by atoms with van der Waals surface area (Å²) >= 11 is 0. The Bertz CT molecular complexity index is 1000. The minimum atomic E-state index is -0.199. The number of amides is 1. The van der Waals surface area contributed by atoms with E-state index in [0.29, 0.717) is 24.2 Å². The van der Waals surface area contributed by atoms with Crippen LogP contribution in [0.15, 0.2) is 35.1 Å². The van der Waals surface area contributed by atoms with Crippen molar-refractivity contribution in [1.82, 2.24) is 19.8 Å². The summed E-state index contributed by atoms with van der Waals surface area (Å²) in [5, 5.41) is 0. The van der Waals surface area contributed by atoms with Crippen LogP contribution in [0.2, 0.25) is 0 Å². The third kappa shape index (κ3) is 4.44. The SMILES string of the molecule is O=C(COc1ccccc1)N1CCCC[C@H]1c1nc2c(c(=O)[nH]1)CCN(C1CCCC1)C2. The highest BCUT2D eigenvalue weighted by Gasteiger charge is 2.33. The van der Waals surface area contributed by atoms with E-state index in [1.54, 1.807) is 0 Å². The summed E-state index contributed by atoms with van der Waals surface area (Å²) in [6, 6.07) is 9.81. The largest absolute Gasteiger partial charge is 0.484 e. The van der Waals surface area contributed by atoms with Crippen molar-refractivity contribution in [3.05, 3.63) is 57.8 Å². The molecule has 1 aliphatic carbocycles. The fourth-order valence-corrected chi connectivity index (χ4v) is 5.48. The van der Waals surface area contributed by atoms with Crippen molar-refractivity contribution in [2.45, 2.75) is 70.0 Å². The first-order chi connectivity index (χ1) is 15.7. The Hall–Kier alpha value is -2.67. The molecule has 1 aromatic carbocycles. The van der Waals surface area contributed by atoms with Gasteiger partial charge in [-0.05, 0) is 50.7 Å². The fraction of sp³-hybridized carbons (Fsp3) is 0.560. The third-order valence-electron chi connectivity index (χ3n) is 7.21. The lowest BCUT2D eigenvalue weighted by Crippen LogP contribution is -2.44. The van der Waals surface area contributed by atoms with Gasteiger partial charge in [-0.25, -0.2) is 4.98 Å². The molecule has 1 atom stereocenters. The quantitative estimate of drug-likeness (QED) is 0.779. The van der Waals surface area contributed by atoms with Crippen LogP contribution in [0.5, 0.6) is 5.75 Å². The van der Waals surface area contributed by atoms with Crippen molar-refractivity contribution >= 4 is 5.91 Å². The first-order valence-electron chi connectivity index (χ1n) is 12.0. The second-order valence-electron chi connectivity index (χ2n) is 9.24. The highest BCUT2D eigenvalue weighted by molar-refractivity contribution is 5.78. The van der Waals surface area contributed by atoms with Gasteiger partial charge in [0.1, 0.15) is 11.6 Å². The number of H-pyrrole nitrogens is 1. The van der Waals surface area contributed by atoms with Crippen molar-refractivity contribution < 1.29 is 9.53 Å². The van der Waals surface area contributed by atoms with Crippen LogP contribution in [0.25, 0.3) is 0 Å². The normalized spacial score (nSPS) is 22.0. The maximum atomic E-state index is 13.0. The van der Waals surface area contributed by atoms with E-state index in [2.05, 4.69) is 9.88 Å². The minimum Gasteiger partial charge on any atom is -0.484 e. The molecule has 2 fully saturated rings. The molecule has 32 heavy (non-hydrogen) atoms. The maximum absolute atomic E-state index is 13.0. The Morgan fingerprint density at radius 3 is 2.66 bits per heavy atom. The average Bonchev–Trinajstić information content (AvgIpc) is 3.38. The molecule has 0 spiro atoms. The highest BCUT2D eigenvalue weighted by atomic mass is 16.5. The number of piperidine rings is 1. The summed E-state index contributed by atoms with van der Waals surface area (Å²) in [7, 11) is 0. The molecule has 1 N–H and O–H groups in total. The van der Waals surface area contributed by atoms with Gasteiger partial charge >= 0.3 is 0 Å². The van der Waals surface area contributed by atoms with Crippen LogP contribution in [0, 0.1) is 0 Å². The van der Waals surface area contributed by atoms with Gasteiger partial charge in [0, 0.05) is 31.2 Å². The number of ether oxygens (including phenoxy) is 1. The van der Waals surface area contributed by atoms with Crippen LogP contribution >= 0.6 is 0 Å². The standard InChI is InChI=1S/C25H32N4O3/c30-23(17-32-19-10-2-1-3-11-19)29-14-7-6-12-22(29)24-26-21-16-28(18-8-4-5-9-18)15-13-20(21)25(31)27-24/h1-3,10-11,18,22H,4-9,12-17H2,(H,26,27,31)/t22-/m0/s1. The fourth-order valence-electron chi connectivity index (χ4n) is 5.48. The molecule has 1 saturated carbocycles. The lowest BCUT2D eigenvalue weighted by Gasteiger charge is -2.36. The molecule has 1 amide bonds. The lowest BCUT2D eigenvalue weighted by atomic mass is 9.99. The molecule has 3 aliphatic rings. The molecule has 7 heteroatoms. The molecule has 1 saturated heterocycles. The molecule has 7 nitrogen and oxygen atoms in total. The van der Waals surface area contributed by atoms with Gasteiger partial charge in [-0.15, -0.1) is 0 Å². The van der Waals surface area contributed by atoms with Crippen molar-refractivity contribution in [2.75, 3.05) is 19.7 Å². The summed E-state index contributed by atoms with van der Waals surface area (Å²) in [6.07, 6.45) is 8.63. The molecule has 0 bridgehead atoms. The van der Waals surface area contributed by atoms with Gasteiger partial charge in [0.25, 0.3) is 11.5 Å². The van der Waals surface area contributed by atoms with Crippen molar-refractivity contribution in [2.24, 2.45) is 0 Å². The molecule has 0 radical (unpaired) electrons. The molecule has 2 aliphatic heterocycles. The van der Waals surface area contributed by atoms with Crippen LogP contribution in [-0.4, -0.2) is 51.4 Å².